The lowest BCUT2D eigenvalue weighted by Crippen LogP contribution is -2.35. The molecule has 0 spiro atoms. The summed E-state index contributed by atoms with van der Waals surface area (Å²) in [7, 11) is -3.67. The molecule has 8 heteroatoms. The largest absolute Gasteiger partial charge is 0.353 e. The maximum Gasteiger partial charge on any atom is 0.232 e. The van der Waals surface area contributed by atoms with Crippen molar-refractivity contribution in [2.75, 3.05) is 17.1 Å². The van der Waals surface area contributed by atoms with Crippen LogP contribution in [0.1, 0.15) is 39.5 Å². The van der Waals surface area contributed by atoms with E-state index in [4.69, 9.17) is 0 Å². The van der Waals surface area contributed by atoms with Crippen LogP contribution in [0.25, 0.3) is 0 Å². The van der Waals surface area contributed by atoms with Crippen LogP contribution in [-0.4, -0.2) is 33.2 Å². The van der Waals surface area contributed by atoms with Crippen LogP contribution in [-0.2, 0) is 14.8 Å². The number of rotatable bonds is 9. The van der Waals surface area contributed by atoms with Crippen LogP contribution in [0.2, 0.25) is 0 Å². The van der Waals surface area contributed by atoms with Crippen molar-refractivity contribution in [1.82, 2.24) is 5.32 Å². The minimum atomic E-state index is -3.67. The predicted octanol–water partition coefficient (Wildman–Crippen LogP) is 2.82. The topological polar surface area (TPSA) is 66.5 Å². The monoisotopic (exact) mass is 362 g/mol. The van der Waals surface area contributed by atoms with E-state index in [0.717, 1.165) is 35.5 Å². The molecular weight excluding hydrogens is 338 g/mol. The Morgan fingerprint density at radius 3 is 2.33 bits per heavy atom. The summed E-state index contributed by atoms with van der Waals surface area (Å²) in [5.74, 6) is -2.31. The van der Waals surface area contributed by atoms with E-state index in [9.17, 15) is 22.0 Å². The molecule has 0 aliphatic heterocycles. The Bertz CT molecular complexity index is 661. The second kappa shape index (κ2) is 8.96. The quantitative estimate of drug-likeness (QED) is 0.735. The molecule has 0 aliphatic rings. The third-order valence-corrected chi connectivity index (χ3v) is 4.90. The van der Waals surface area contributed by atoms with Crippen molar-refractivity contribution in [1.29, 1.82) is 0 Å². The van der Waals surface area contributed by atoms with E-state index in [0.29, 0.717) is 0 Å². The second-order valence-electron chi connectivity index (χ2n) is 5.62. The van der Waals surface area contributed by atoms with Crippen molar-refractivity contribution < 1.29 is 22.0 Å². The Morgan fingerprint density at radius 1 is 1.21 bits per heavy atom. The molecule has 0 heterocycles. The van der Waals surface area contributed by atoms with Crippen LogP contribution < -0.4 is 9.62 Å². The smallest absolute Gasteiger partial charge is 0.232 e. The molecule has 5 nitrogen and oxygen atoms in total. The molecule has 0 saturated carbocycles. The number of carbonyl (C=O) groups excluding carboxylic acids is 1. The maximum absolute atomic E-state index is 13.3. The van der Waals surface area contributed by atoms with Crippen molar-refractivity contribution in [3.05, 3.63) is 29.8 Å². The molecule has 1 rings (SSSR count). The Kier molecular flexibility index (Phi) is 7.59. The number of amides is 1. The molecular formula is C16H24F2N2O3S. The molecule has 0 bridgehead atoms. The Labute approximate surface area is 142 Å². The summed E-state index contributed by atoms with van der Waals surface area (Å²) >= 11 is 0. The van der Waals surface area contributed by atoms with Gasteiger partial charge in [0.15, 0.2) is 11.6 Å². The highest BCUT2D eigenvalue weighted by Crippen LogP contribution is 2.21. The predicted molar refractivity (Wildman–Crippen MR) is 90.3 cm³/mol. The van der Waals surface area contributed by atoms with Crippen molar-refractivity contribution in [3.63, 3.8) is 0 Å². The van der Waals surface area contributed by atoms with Gasteiger partial charge in [-0.1, -0.05) is 13.8 Å². The van der Waals surface area contributed by atoms with E-state index in [2.05, 4.69) is 5.32 Å². The summed E-state index contributed by atoms with van der Waals surface area (Å²) in [5, 5.41) is 2.87. The fraction of sp³-hybridized carbons (Fsp3) is 0.562. The first kappa shape index (κ1) is 20.3. The summed E-state index contributed by atoms with van der Waals surface area (Å²) in [4.78, 5) is 11.8. The first-order chi connectivity index (χ1) is 11.2. The number of nitrogens with zero attached hydrogens (tertiary/aromatic N) is 1. The van der Waals surface area contributed by atoms with Gasteiger partial charge in [0, 0.05) is 25.1 Å². The molecule has 136 valence electrons. The lowest BCUT2D eigenvalue weighted by molar-refractivity contribution is -0.121. The van der Waals surface area contributed by atoms with Gasteiger partial charge in [-0.05, 0) is 31.4 Å². The van der Waals surface area contributed by atoms with Gasteiger partial charge in [-0.2, -0.15) is 0 Å². The van der Waals surface area contributed by atoms with E-state index in [-0.39, 0.29) is 37.0 Å². The molecule has 0 aliphatic carbocycles. The SMILES string of the molecule is CCC(CC)NC(=O)CCCN(c1ccc(F)c(F)c1)S(C)(=O)=O. The van der Waals surface area contributed by atoms with Gasteiger partial charge in [0.1, 0.15) is 0 Å². The molecule has 0 unspecified atom stereocenters. The Morgan fingerprint density at radius 2 is 1.83 bits per heavy atom. The van der Waals surface area contributed by atoms with E-state index in [1.54, 1.807) is 0 Å². The van der Waals surface area contributed by atoms with Crippen LogP contribution in [0.4, 0.5) is 14.5 Å². The molecule has 1 aromatic carbocycles. The molecule has 0 aromatic heterocycles. The van der Waals surface area contributed by atoms with Crippen LogP contribution in [0, 0.1) is 11.6 Å². The fourth-order valence-corrected chi connectivity index (χ4v) is 3.26. The van der Waals surface area contributed by atoms with Gasteiger partial charge < -0.3 is 5.32 Å². The number of anilines is 1. The molecule has 0 atom stereocenters. The molecule has 24 heavy (non-hydrogen) atoms. The lowest BCUT2D eigenvalue weighted by atomic mass is 10.1. The Balaban J connectivity index is 2.72. The average molecular weight is 362 g/mol. The van der Waals surface area contributed by atoms with E-state index < -0.39 is 21.7 Å². The average Bonchev–Trinajstić information content (AvgIpc) is 2.51. The van der Waals surface area contributed by atoms with Crippen molar-refractivity contribution >= 4 is 21.6 Å². The van der Waals surface area contributed by atoms with Crippen LogP contribution in [0.15, 0.2) is 18.2 Å². The second-order valence-corrected chi connectivity index (χ2v) is 7.52. The summed E-state index contributed by atoms with van der Waals surface area (Å²) < 4.78 is 51.1. The molecule has 0 fully saturated rings. The highest BCUT2D eigenvalue weighted by molar-refractivity contribution is 7.92. The molecule has 0 radical (unpaired) electrons. The number of halogens is 2. The standard InChI is InChI=1S/C16H24F2N2O3S/c1-4-12(5-2)19-16(21)7-6-10-20(24(3,22)23)13-8-9-14(17)15(18)11-13/h8-9,11-12H,4-7,10H2,1-3H3,(H,19,21). The zero-order valence-corrected chi connectivity index (χ0v) is 15.0. The number of benzene rings is 1. The minimum absolute atomic E-state index is 0.0141. The summed E-state index contributed by atoms with van der Waals surface area (Å²) in [6.07, 6.45) is 3.07. The van der Waals surface area contributed by atoms with Crippen molar-refractivity contribution in [2.24, 2.45) is 0 Å². The van der Waals surface area contributed by atoms with Crippen LogP contribution in [0.3, 0.4) is 0 Å². The fourth-order valence-electron chi connectivity index (χ4n) is 2.30. The van der Waals surface area contributed by atoms with E-state index in [1.807, 2.05) is 13.8 Å². The molecule has 0 saturated heterocycles. The summed E-state index contributed by atoms with van der Waals surface area (Å²) in [6, 6.07) is 3.02. The maximum atomic E-state index is 13.3. The summed E-state index contributed by atoms with van der Waals surface area (Å²) in [6.45, 7) is 3.96. The number of hydrogen-bond acceptors (Lipinski definition) is 3. The first-order valence-electron chi connectivity index (χ1n) is 7.91. The van der Waals surface area contributed by atoms with Crippen LogP contribution in [0.5, 0.6) is 0 Å². The number of sulfonamides is 1. The Hall–Kier alpha value is -1.70. The van der Waals surface area contributed by atoms with Gasteiger partial charge in [0.25, 0.3) is 0 Å². The van der Waals surface area contributed by atoms with Gasteiger partial charge in [-0.25, -0.2) is 17.2 Å². The molecule has 1 N–H and O–H groups in total. The zero-order valence-electron chi connectivity index (χ0n) is 14.2. The van der Waals surface area contributed by atoms with Crippen molar-refractivity contribution in [3.8, 4) is 0 Å². The minimum Gasteiger partial charge on any atom is -0.353 e. The third-order valence-electron chi connectivity index (χ3n) is 3.71. The normalized spacial score (nSPS) is 11.6. The van der Waals surface area contributed by atoms with E-state index >= 15 is 0 Å². The van der Waals surface area contributed by atoms with Gasteiger partial charge in [-0.15, -0.1) is 0 Å². The number of nitrogens with one attached hydrogen (secondary N) is 1. The lowest BCUT2D eigenvalue weighted by Gasteiger charge is -2.22. The van der Waals surface area contributed by atoms with E-state index in [1.165, 1.54) is 6.07 Å². The number of hydrogen-bond donors (Lipinski definition) is 1. The summed E-state index contributed by atoms with van der Waals surface area (Å²) in [5.41, 5.74) is 0.0387. The van der Waals surface area contributed by atoms with Gasteiger partial charge >= 0.3 is 0 Å². The van der Waals surface area contributed by atoms with Gasteiger partial charge in [0.05, 0.1) is 11.9 Å². The van der Waals surface area contributed by atoms with Gasteiger partial charge in [0.2, 0.25) is 15.9 Å². The number of carbonyl (C=O) groups is 1. The molecule has 1 aromatic rings. The highest BCUT2D eigenvalue weighted by Gasteiger charge is 2.19. The van der Waals surface area contributed by atoms with Crippen molar-refractivity contribution in [2.45, 2.75) is 45.6 Å². The molecule has 1 amide bonds. The van der Waals surface area contributed by atoms with Gasteiger partial charge in [-0.3, -0.25) is 9.10 Å². The van der Waals surface area contributed by atoms with Crippen LogP contribution >= 0.6 is 0 Å². The first-order valence-corrected chi connectivity index (χ1v) is 9.76. The highest BCUT2D eigenvalue weighted by atomic mass is 32.2. The third kappa shape index (κ3) is 6.07. The zero-order chi connectivity index (χ0) is 18.3.